The van der Waals surface area contributed by atoms with Gasteiger partial charge in [0.15, 0.2) is 10.0 Å². The molecule has 1 heterocycles. The zero-order valence-electron chi connectivity index (χ0n) is 10.2. The molecule has 6 heteroatoms. The van der Waals surface area contributed by atoms with Crippen LogP contribution >= 0.6 is 22.9 Å². The van der Waals surface area contributed by atoms with Crippen LogP contribution in [0.25, 0.3) is 0 Å². The SMILES string of the molecule is COC(=O)c1sc(OCCCC(C)C)nc1Cl. The third kappa shape index (κ3) is 4.52. The summed E-state index contributed by atoms with van der Waals surface area (Å²) in [5, 5.41) is 0.555. The van der Waals surface area contributed by atoms with E-state index in [1.165, 1.54) is 7.11 Å². The number of esters is 1. The highest BCUT2D eigenvalue weighted by Crippen LogP contribution is 2.29. The molecule has 0 fully saturated rings. The number of carbonyl (C=O) groups excluding carboxylic acids is 1. The molecule has 0 N–H and O–H groups in total. The van der Waals surface area contributed by atoms with Crippen molar-refractivity contribution in [2.45, 2.75) is 26.7 Å². The summed E-state index contributed by atoms with van der Waals surface area (Å²) >= 11 is 6.91. The fourth-order valence-corrected chi connectivity index (χ4v) is 2.28. The Balaban J connectivity index is 2.47. The van der Waals surface area contributed by atoms with Crippen molar-refractivity contribution >= 4 is 28.9 Å². The number of hydrogen-bond donors (Lipinski definition) is 0. The highest BCUT2D eigenvalue weighted by Gasteiger charge is 2.17. The summed E-state index contributed by atoms with van der Waals surface area (Å²) in [5.41, 5.74) is 0. The molecule has 4 nitrogen and oxygen atoms in total. The molecule has 96 valence electrons. The topological polar surface area (TPSA) is 48.4 Å². The highest BCUT2D eigenvalue weighted by molar-refractivity contribution is 7.15. The fraction of sp³-hybridized carbons (Fsp3) is 0.636. The van der Waals surface area contributed by atoms with Crippen molar-refractivity contribution in [3.63, 3.8) is 0 Å². The van der Waals surface area contributed by atoms with Gasteiger partial charge >= 0.3 is 5.97 Å². The molecule has 1 aromatic heterocycles. The minimum absolute atomic E-state index is 0.140. The summed E-state index contributed by atoms with van der Waals surface area (Å²) in [4.78, 5) is 15.5. The Bertz CT molecular complexity index is 379. The van der Waals surface area contributed by atoms with Gasteiger partial charge in [-0.15, -0.1) is 0 Å². The van der Waals surface area contributed by atoms with E-state index in [0.29, 0.717) is 17.7 Å². The second-order valence-corrected chi connectivity index (χ2v) is 5.30. The van der Waals surface area contributed by atoms with Crippen LogP contribution in [0.15, 0.2) is 0 Å². The molecule has 0 aliphatic rings. The molecule has 0 aliphatic heterocycles. The zero-order valence-corrected chi connectivity index (χ0v) is 11.7. The van der Waals surface area contributed by atoms with Crippen LogP contribution in [0.2, 0.25) is 5.15 Å². The lowest BCUT2D eigenvalue weighted by Crippen LogP contribution is -1.99. The van der Waals surface area contributed by atoms with Crippen molar-refractivity contribution < 1.29 is 14.3 Å². The Morgan fingerprint density at radius 2 is 2.24 bits per heavy atom. The minimum atomic E-state index is -0.482. The lowest BCUT2D eigenvalue weighted by atomic mass is 10.1. The summed E-state index contributed by atoms with van der Waals surface area (Å²) in [6.07, 6.45) is 2.06. The van der Waals surface area contributed by atoms with Gasteiger partial charge in [0.25, 0.3) is 5.19 Å². The van der Waals surface area contributed by atoms with E-state index in [9.17, 15) is 4.79 Å². The van der Waals surface area contributed by atoms with E-state index in [4.69, 9.17) is 16.3 Å². The lowest BCUT2D eigenvalue weighted by Gasteiger charge is -2.04. The molecule has 0 amide bonds. The van der Waals surface area contributed by atoms with Gasteiger partial charge in [0.05, 0.1) is 13.7 Å². The summed E-state index contributed by atoms with van der Waals surface area (Å²) < 4.78 is 10.0. The zero-order chi connectivity index (χ0) is 12.8. The van der Waals surface area contributed by atoms with Crippen LogP contribution in [0, 0.1) is 5.92 Å². The molecule has 1 rings (SSSR count). The number of ether oxygens (including phenoxy) is 2. The normalized spacial score (nSPS) is 10.6. The molecule has 0 spiro atoms. The maximum Gasteiger partial charge on any atom is 0.351 e. The minimum Gasteiger partial charge on any atom is -0.470 e. The number of carbonyl (C=O) groups is 1. The Labute approximate surface area is 110 Å². The average molecular weight is 278 g/mol. The van der Waals surface area contributed by atoms with Gasteiger partial charge < -0.3 is 9.47 Å². The molecular formula is C11H16ClNO3S. The van der Waals surface area contributed by atoms with Crippen LogP contribution in [-0.4, -0.2) is 24.7 Å². The van der Waals surface area contributed by atoms with E-state index >= 15 is 0 Å². The fourth-order valence-electron chi connectivity index (χ4n) is 1.21. The van der Waals surface area contributed by atoms with Crippen LogP contribution in [0.3, 0.4) is 0 Å². The van der Waals surface area contributed by atoms with Gasteiger partial charge in [-0.2, -0.15) is 4.98 Å². The number of methoxy groups -OCH3 is 1. The smallest absolute Gasteiger partial charge is 0.351 e. The number of nitrogens with zero attached hydrogens (tertiary/aromatic N) is 1. The first kappa shape index (κ1) is 14.3. The van der Waals surface area contributed by atoms with Crippen LogP contribution in [0.4, 0.5) is 0 Å². The van der Waals surface area contributed by atoms with Crippen LogP contribution in [-0.2, 0) is 4.74 Å². The Kier molecular flexibility index (Phi) is 5.71. The van der Waals surface area contributed by atoms with Gasteiger partial charge in [-0.1, -0.05) is 36.8 Å². The second-order valence-electron chi connectivity index (χ2n) is 3.98. The number of rotatable bonds is 6. The quantitative estimate of drug-likeness (QED) is 0.591. The van der Waals surface area contributed by atoms with E-state index in [2.05, 4.69) is 23.6 Å². The molecule has 0 unspecified atom stereocenters. The van der Waals surface area contributed by atoms with E-state index in [-0.39, 0.29) is 10.0 Å². The Hall–Kier alpha value is -0.810. The first-order valence-electron chi connectivity index (χ1n) is 5.42. The number of aromatic nitrogens is 1. The van der Waals surface area contributed by atoms with Gasteiger partial charge in [0.2, 0.25) is 0 Å². The summed E-state index contributed by atoms with van der Waals surface area (Å²) in [7, 11) is 1.31. The van der Waals surface area contributed by atoms with Crippen LogP contribution in [0.5, 0.6) is 5.19 Å². The van der Waals surface area contributed by atoms with Crippen molar-refractivity contribution in [3.8, 4) is 5.19 Å². The van der Waals surface area contributed by atoms with Gasteiger partial charge in [-0.3, -0.25) is 0 Å². The molecule has 0 aliphatic carbocycles. The first-order valence-corrected chi connectivity index (χ1v) is 6.61. The van der Waals surface area contributed by atoms with Crippen LogP contribution in [0.1, 0.15) is 36.4 Å². The molecule has 1 aromatic rings. The molecule has 0 atom stereocenters. The largest absolute Gasteiger partial charge is 0.470 e. The van der Waals surface area contributed by atoms with E-state index < -0.39 is 5.97 Å². The molecule has 0 saturated carbocycles. The van der Waals surface area contributed by atoms with Gasteiger partial charge in [-0.25, -0.2) is 4.79 Å². The lowest BCUT2D eigenvalue weighted by molar-refractivity contribution is 0.0606. The number of hydrogen-bond acceptors (Lipinski definition) is 5. The molecule has 0 saturated heterocycles. The molecular weight excluding hydrogens is 262 g/mol. The van der Waals surface area contributed by atoms with E-state index in [1.807, 2.05) is 0 Å². The number of thiazole rings is 1. The Morgan fingerprint density at radius 1 is 1.53 bits per heavy atom. The summed E-state index contributed by atoms with van der Waals surface area (Å²) in [6.45, 7) is 4.91. The maximum atomic E-state index is 11.3. The van der Waals surface area contributed by atoms with Crippen molar-refractivity contribution in [1.29, 1.82) is 0 Å². The van der Waals surface area contributed by atoms with E-state index in [0.717, 1.165) is 24.2 Å². The maximum absolute atomic E-state index is 11.3. The molecule has 0 bridgehead atoms. The first-order chi connectivity index (χ1) is 8.04. The average Bonchev–Trinajstić information content (AvgIpc) is 2.65. The van der Waals surface area contributed by atoms with Gasteiger partial charge in [0.1, 0.15) is 0 Å². The summed E-state index contributed by atoms with van der Waals surface area (Å²) in [6, 6.07) is 0. The second kappa shape index (κ2) is 6.81. The van der Waals surface area contributed by atoms with Crippen molar-refractivity contribution in [3.05, 3.63) is 10.0 Å². The standard InChI is InChI=1S/C11H16ClNO3S/c1-7(2)5-4-6-16-11-13-9(12)8(17-11)10(14)15-3/h7H,4-6H2,1-3H3. The van der Waals surface area contributed by atoms with E-state index in [1.54, 1.807) is 0 Å². The van der Waals surface area contributed by atoms with Crippen LogP contribution < -0.4 is 4.74 Å². The molecule has 17 heavy (non-hydrogen) atoms. The Morgan fingerprint density at radius 3 is 2.82 bits per heavy atom. The molecule has 0 radical (unpaired) electrons. The van der Waals surface area contributed by atoms with Crippen molar-refractivity contribution in [1.82, 2.24) is 4.98 Å². The van der Waals surface area contributed by atoms with Crippen molar-refractivity contribution in [2.24, 2.45) is 5.92 Å². The predicted molar refractivity (Wildman–Crippen MR) is 68.0 cm³/mol. The monoisotopic (exact) mass is 277 g/mol. The highest BCUT2D eigenvalue weighted by atomic mass is 35.5. The van der Waals surface area contributed by atoms with Gasteiger partial charge in [0, 0.05) is 0 Å². The summed E-state index contributed by atoms with van der Waals surface area (Å²) in [5.74, 6) is 0.175. The van der Waals surface area contributed by atoms with Gasteiger partial charge in [-0.05, 0) is 18.8 Å². The third-order valence-corrected chi connectivity index (χ3v) is 3.42. The van der Waals surface area contributed by atoms with Crippen molar-refractivity contribution in [2.75, 3.05) is 13.7 Å². The molecule has 0 aromatic carbocycles. The third-order valence-electron chi connectivity index (χ3n) is 2.09. The number of halogens is 1. The predicted octanol–water partition coefficient (Wildman–Crippen LogP) is 3.40.